The van der Waals surface area contributed by atoms with Crippen molar-refractivity contribution in [3.63, 3.8) is 0 Å². The number of nitrogens with zero attached hydrogens (tertiary/aromatic N) is 1. The molecule has 4 heteroatoms. The van der Waals surface area contributed by atoms with Gasteiger partial charge in [-0.25, -0.2) is 0 Å². The van der Waals surface area contributed by atoms with Crippen molar-refractivity contribution in [1.29, 1.82) is 0 Å². The van der Waals surface area contributed by atoms with Gasteiger partial charge in [-0.15, -0.1) is 0 Å². The minimum atomic E-state index is 0.203. The minimum Gasteiger partial charge on any atom is -0.457 e. The molecular weight excluding hydrogens is 346 g/mol. The van der Waals surface area contributed by atoms with Crippen LogP contribution >= 0.6 is 11.6 Å². The van der Waals surface area contributed by atoms with Crippen molar-refractivity contribution in [3.05, 3.63) is 64.3 Å². The first-order valence-electron chi connectivity index (χ1n) is 8.82. The summed E-state index contributed by atoms with van der Waals surface area (Å²) in [6.07, 6.45) is 3.54. The molecule has 0 amide bonds. The fraction of sp³-hybridized carbons (Fsp3) is 0.273. The van der Waals surface area contributed by atoms with Gasteiger partial charge in [0.05, 0.1) is 5.52 Å². The Labute approximate surface area is 159 Å². The van der Waals surface area contributed by atoms with Crippen LogP contribution in [0.15, 0.2) is 42.6 Å². The second-order valence-electron chi connectivity index (χ2n) is 6.58. The Morgan fingerprint density at radius 3 is 2.62 bits per heavy atom. The number of carbonyl (C=O) groups is 1. The predicted octanol–water partition coefficient (Wildman–Crippen LogP) is 6.21. The molecule has 2 aromatic carbocycles. The van der Waals surface area contributed by atoms with Crippen LogP contribution in [-0.4, -0.2) is 10.8 Å². The van der Waals surface area contributed by atoms with Gasteiger partial charge in [0.2, 0.25) is 0 Å². The lowest BCUT2D eigenvalue weighted by molar-refractivity contribution is -0.118. The van der Waals surface area contributed by atoms with E-state index in [0.717, 1.165) is 28.6 Å². The molecule has 0 saturated heterocycles. The van der Waals surface area contributed by atoms with E-state index in [1.807, 2.05) is 25.1 Å². The number of halogens is 1. The monoisotopic (exact) mass is 367 g/mol. The van der Waals surface area contributed by atoms with E-state index in [9.17, 15) is 4.79 Å². The van der Waals surface area contributed by atoms with Gasteiger partial charge in [-0.3, -0.25) is 9.78 Å². The lowest BCUT2D eigenvalue weighted by Gasteiger charge is -2.12. The highest BCUT2D eigenvalue weighted by Crippen LogP contribution is 2.32. The maximum atomic E-state index is 11.8. The number of ether oxygens (including phenoxy) is 1. The molecule has 0 N–H and O–H groups in total. The van der Waals surface area contributed by atoms with Crippen molar-refractivity contribution in [3.8, 4) is 11.5 Å². The first-order valence-corrected chi connectivity index (χ1v) is 9.19. The van der Waals surface area contributed by atoms with Gasteiger partial charge in [0, 0.05) is 29.4 Å². The molecule has 0 aliphatic rings. The standard InChI is InChI=1S/C22H22ClNO2/c1-4-5-17(25)12-16-6-7-18(13-20(16)23)26-22-8-9-24-21-11-15(3)14(2)10-19(21)22/h6-11,13H,4-5,12H2,1-3H3. The van der Waals surface area contributed by atoms with Crippen LogP contribution in [0.25, 0.3) is 10.9 Å². The van der Waals surface area contributed by atoms with Gasteiger partial charge in [0.15, 0.2) is 0 Å². The Hall–Kier alpha value is -2.39. The van der Waals surface area contributed by atoms with Gasteiger partial charge in [-0.05, 0) is 67.3 Å². The Kier molecular flexibility index (Phi) is 5.58. The van der Waals surface area contributed by atoms with E-state index in [-0.39, 0.29) is 5.78 Å². The zero-order valence-electron chi connectivity index (χ0n) is 15.3. The fourth-order valence-electron chi connectivity index (χ4n) is 2.91. The van der Waals surface area contributed by atoms with E-state index in [4.69, 9.17) is 16.3 Å². The number of ketones is 1. The van der Waals surface area contributed by atoms with Crippen molar-refractivity contribution in [1.82, 2.24) is 4.98 Å². The molecule has 0 atom stereocenters. The molecule has 0 radical (unpaired) electrons. The summed E-state index contributed by atoms with van der Waals surface area (Å²) in [7, 11) is 0. The van der Waals surface area contributed by atoms with Crippen LogP contribution in [0.3, 0.4) is 0 Å². The van der Waals surface area contributed by atoms with Crippen molar-refractivity contribution >= 4 is 28.3 Å². The summed E-state index contributed by atoms with van der Waals surface area (Å²) >= 11 is 6.36. The lowest BCUT2D eigenvalue weighted by Crippen LogP contribution is -2.02. The molecule has 1 heterocycles. The number of aryl methyl sites for hydroxylation is 2. The Morgan fingerprint density at radius 2 is 1.88 bits per heavy atom. The SMILES string of the molecule is CCCC(=O)Cc1ccc(Oc2ccnc3cc(C)c(C)cc23)cc1Cl. The number of fused-ring (bicyclic) bond motifs is 1. The molecule has 0 fully saturated rings. The maximum absolute atomic E-state index is 11.8. The summed E-state index contributed by atoms with van der Waals surface area (Å²) in [5, 5.41) is 1.52. The van der Waals surface area contributed by atoms with E-state index in [1.54, 1.807) is 12.3 Å². The molecule has 0 unspecified atom stereocenters. The maximum Gasteiger partial charge on any atom is 0.138 e. The molecule has 0 aliphatic heterocycles. The van der Waals surface area contributed by atoms with Gasteiger partial charge in [0.25, 0.3) is 0 Å². The van der Waals surface area contributed by atoms with Crippen LogP contribution in [0.2, 0.25) is 5.02 Å². The molecule has 0 spiro atoms. The van der Waals surface area contributed by atoms with E-state index >= 15 is 0 Å². The van der Waals surface area contributed by atoms with Gasteiger partial charge in [-0.1, -0.05) is 24.6 Å². The van der Waals surface area contributed by atoms with Gasteiger partial charge in [-0.2, -0.15) is 0 Å². The van der Waals surface area contributed by atoms with Crippen molar-refractivity contribution < 1.29 is 9.53 Å². The first-order chi connectivity index (χ1) is 12.5. The smallest absolute Gasteiger partial charge is 0.138 e. The Bertz CT molecular complexity index is 966. The molecule has 0 saturated carbocycles. The molecule has 26 heavy (non-hydrogen) atoms. The van der Waals surface area contributed by atoms with Crippen LogP contribution in [0.1, 0.15) is 36.5 Å². The van der Waals surface area contributed by atoms with Gasteiger partial charge >= 0.3 is 0 Å². The number of rotatable bonds is 6. The summed E-state index contributed by atoms with van der Waals surface area (Å²) < 4.78 is 6.07. The summed E-state index contributed by atoms with van der Waals surface area (Å²) in [6.45, 7) is 6.14. The molecular formula is C22H22ClNO2. The van der Waals surface area contributed by atoms with E-state index < -0.39 is 0 Å². The predicted molar refractivity (Wildman–Crippen MR) is 106 cm³/mol. The third kappa shape index (κ3) is 4.05. The average molecular weight is 368 g/mol. The van der Waals surface area contributed by atoms with Crippen molar-refractivity contribution in [2.24, 2.45) is 0 Å². The van der Waals surface area contributed by atoms with E-state index in [1.165, 1.54) is 11.1 Å². The van der Waals surface area contributed by atoms with Gasteiger partial charge < -0.3 is 4.74 Å². The molecule has 134 valence electrons. The highest BCUT2D eigenvalue weighted by Gasteiger charge is 2.10. The van der Waals surface area contributed by atoms with Crippen molar-refractivity contribution in [2.75, 3.05) is 0 Å². The second-order valence-corrected chi connectivity index (χ2v) is 6.99. The minimum absolute atomic E-state index is 0.203. The van der Waals surface area contributed by atoms with Gasteiger partial charge in [0.1, 0.15) is 17.3 Å². The molecule has 3 aromatic rings. The normalized spacial score (nSPS) is 10.9. The second kappa shape index (κ2) is 7.88. The number of pyridine rings is 1. The topological polar surface area (TPSA) is 39.2 Å². The Balaban J connectivity index is 1.88. The number of carbonyl (C=O) groups excluding carboxylic acids is 1. The van der Waals surface area contributed by atoms with Crippen molar-refractivity contribution in [2.45, 2.75) is 40.0 Å². The summed E-state index contributed by atoms with van der Waals surface area (Å²) in [4.78, 5) is 16.3. The fourth-order valence-corrected chi connectivity index (χ4v) is 3.15. The van der Waals surface area contributed by atoms with Crippen LogP contribution in [0.5, 0.6) is 11.5 Å². The number of Topliss-reactive ketones (excluding diaryl/α,β-unsaturated/α-hetero) is 1. The molecule has 1 aromatic heterocycles. The number of aromatic nitrogens is 1. The largest absolute Gasteiger partial charge is 0.457 e. The average Bonchev–Trinajstić information content (AvgIpc) is 2.59. The molecule has 3 rings (SSSR count). The van der Waals surface area contributed by atoms with Crippen LogP contribution in [0.4, 0.5) is 0 Å². The lowest BCUT2D eigenvalue weighted by atomic mass is 10.1. The summed E-state index contributed by atoms with van der Waals surface area (Å²) in [5.41, 5.74) is 4.13. The number of hydrogen-bond donors (Lipinski definition) is 0. The van der Waals surface area contributed by atoms with Crippen LogP contribution in [0, 0.1) is 13.8 Å². The third-order valence-corrected chi connectivity index (χ3v) is 4.84. The third-order valence-electron chi connectivity index (χ3n) is 4.49. The van der Waals surface area contributed by atoms with E-state index in [0.29, 0.717) is 23.6 Å². The highest BCUT2D eigenvalue weighted by atomic mass is 35.5. The highest BCUT2D eigenvalue weighted by molar-refractivity contribution is 6.31. The van der Waals surface area contributed by atoms with Crippen LogP contribution < -0.4 is 4.74 Å². The molecule has 0 aliphatic carbocycles. The number of benzene rings is 2. The first kappa shape index (κ1) is 18.4. The summed E-state index contributed by atoms with van der Waals surface area (Å²) in [5.74, 6) is 1.59. The zero-order valence-corrected chi connectivity index (χ0v) is 16.1. The summed E-state index contributed by atoms with van der Waals surface area (Å²) in [6, 6.07) is 11.5. The quantitative estimate of drug-likeness (QED) is 0.520. The Morgan fingerprint density at radius 1 is 1.12 bits per heavy atom. The van der Waals surface area contributed by atoms with E-state index in [2.05, 4.69) is 31.0 Å². The molecule has 3 nitrogen and oxygen atoms in total. The van der Waals surface area contributed by atoms with Crippen LogP contribution in [-0.2, 0) is 11.2 Å². The molecule has 0 bridgehead atoms. The number of hydrogen-bond acceptors (Lipinski definition) is 3. The zero-order chi connectivity index (χ0) is 18.7.